The van der Waals surface area contributed by atoms with Crippen molar-refractivity contribution in [2.75, 3.05) is 13.7 Å². The molecule has 0 radical (unpaired) electrons. The topological polar surface area (TPSA) is 55.8 Å². The molecule has 2 aromatic carbocycles. The summed E-state index contributed by atoms with van der Waals surface area (Å²) in [5, 5.41) is 9.77. The van der Waals surface area contributed by atoms with Gasteiger partial charge in [0.2, 0.25) is 0 Å². The fourth-order valence-electron chi connectivity index (χ4n) is 2.00. The predicted molar refractivity (Wildman–Crippen MR) is 93.3 cm³/mol. The van der Waals surface area contributed by atoms with Gasteiger partial charge in [0, 0.05) is 5.56 Å². The summed E-state index contributed by atoms with van der Waals surface area (Å²) in [5.41, 5.74) is 1.32. The van der Waals surface area contributed by atoms with Crippen molar-refractivity contribution in [3.63, 3.8) is 0 Å². The minimum atomic E-state index is -0.115. The Morgan fingerprint density at radius 1 is 1.26 bits per heavy atom. The Kier molecular flexibility index (Phi) is 5.82. The summed E-state index contributed by atoms with van der Waals surface area (Å²) in [5.74, 6) is 0.992. The van der Waals surface area contributed by atoms with E-state index in [9.17, 15) is 9.90 Å². The SMILES string of the molecule is CCOc1ccc(C(=O)/C=C/c2cc(Br)c(O)c(OC)c2)cc1. The number of carbonyl (C=O) groups excluding carboxylic acids is 1. The molecule has 0 heterocycles. The highest BCUT2D eigenvalue weighted by molar-refractivity contribution is 9.10. The van der Waals surface area contributed by atoms with E-state index in [2.05, 4.69) is 15.9 Å². The number of ether oxygens (including phenoxy) is 2. The number of halogens is 1. The van der Waals surface area contributed by atoms with Crippen LogP contribution >= 0.6 is 15.9 Å². The number of phenols is 1. The number of phenolic OH excluding ortho intramolecular Hbond substituents is 1. The van der Waals surface area contributed by atoms with Gasteiger partial charge in [0.05, 0.1) is 18.2 Å². The highest BCUT2D eigenvalue weighted by Crippen LogP contribution is 2.35. The normalized spacial score (nSPS) is 10.7. The number of hydrogen-bond acceptors (Lipinski definition) is 4. The monoisotopic (exact) mass is 376 g/mol. The number of hydrogen-bond donors (Lipinski definition) is 1. The average molecular weight is 377 g/mol. The number of benzene rings is 2. The lowest BCUT2D eigenvalue weighted by Crippen LogP contribution is -1.96. The Bertz CT molecular complexity index is 721. The third-order valence-electron chi connectivity index (χ3n) is 3.15. The largest absolute Gasteiger partial charge is 0.503 e. The van der Waals surface area contributed by atoms with Gasteiger partial charge in [0.1, 0.15) is 5.75 Å². The summed E-state index contributed by atoms with van der Waals surface area (Å²) in [6, 6.07) is 10.4. The van der Waals surface area contributed by atoms with Gasteiger partial charge in [-0.15, -0.1) is 0 Å². The second kappa shape index (κ2) is 7.83. The smallest absolute Gasteiger partial charge is 0.185 e. The van der Waals surface area contributed by atoms with Gasteiger partial charge in [-0.25, -0.2) is 0 Å². The van der Waals surface area contributed by atoms with Crippen molar-refractivity contribution >= 4 is 27.8 Å². The van der Waals surface area contributed by atoms with Gasteiger partial charge in [-0.05, 0) is 70.9 Å². The van der Waals surface area contributed by atoms with Crippen LogP contribution in [0.15, 0.2) is 46.9 Å². The zero-order valence-electron chi connectivity index (χ0n) is 12.9. The third kappa shape index (κ3) is 4.36. The Labute approximate surface area is 143 Å². The van der Waals surface area contributed by atoms with Crippen LogP contribution in [-0.4, -0.2) is 24.6 Å². The number of carbonyl (C=O) groups is 1. The van der Waals surface area contributed by atoms with Gasteiger partial charge in [0.15, 0.2) is 17.3 Å². The molecule has 0 saturated carbocycles. The first-order chi connectivity index (χ1) is 11.0. The summed E-state index contributed by atoms with van der Waals surface area (Å²) >= 11 is 3.25. The van der Waals surface area contributed by atoms with Crippen LogP contribution in [0.4, 0.5) is 0 Å². The first-order valence-electron chi connectivity index (χ1n) is 7.07. The molecule has 120 valence electrons. The fraction of sp³-hybridized carbons (Fsp3) is 0.167. The molecule has 0 atom stereocenters. The molecule has 2 aromatic rings. The number of aromatic hydroxyl groups is 1. The quantitative estimate of drug-likeness (QED) is 0.597. The second-order valence-corrected chi connectivity index (χ2v) is 5.56. The molecule has 0 unspecified atom stereocenters. The Hall–Kier alpha value is -2.27. The lowest BCUT2D eigenvalue weighted by atomic mass is 10.1. The van der Waals surface area contributed by atoms with Crippen molar-refractivity contribution in [3.05, 3.63) is 58.1 Å². The lowest BCUT2D eigenvalue weighted by molar-refractivity contribution is 0.104. The van der Waals surface area contributed by atoms with E-state index in [0.29, 0.717) is 22.4 Å². The van der Waals surface area contributed by atoms with Crippen LogP contribution in [0.5, 0.6) is 17.2 Å². The van der Waals surface area contributed by atoms with Gasteiger partial charge in [-0.2, -0.15) is 0 Å². The van der Waals surface area contributed by atoms with Gasteiger partial charge in [0.25, 0.3) is 0 Å². The van der Waals surface area contributed by atoms with Crippen LogP contribution in [0, 0.1) is 0 Å². The molecule has 0 amide bonds. The van der Waals surface area contributed by atoms with E-state index in [4.69, 9.17) is 9.47 Å². The van der Waals surface area contributed by atoms with E-state index in [-0.39, 0.29) is 11.5 Å². The number of allylic oxidation sites excluding steroid dienone is 1. The van der Waals surface area contributed by atoms with Crippen molar-refractivity contribution in [2.24, 2.45) is 0 Å². The first kappa shape index (κ1) is 17.1. The lowest BCUT2D eigenvalue weighted by Gasteiger charge is -2.06. The van der Waals surface area contributed by atoms with Crippen molar-refractivity contribution in [3.8, 4) is 17.2 Å². The second-order valence-electron chi connectivity index (χ2n) is 4.71. The van der Waals surface area contributed by atoms with Crippen LogP contribution in [0.25, 0.3) is 6.08 Å². The molecule has 0 spiro atoms. The van der Waals surface area contributed by atoms with Gasteiger partial charge in [-0.1, -0.05) is 6.08 Å². The molecular weight excluding hydrogens is 360 g/mol. The van der Waals surface area contributed by atoms with Crippen molar-refractivity contribution in [1.29, 1.82) is 0 Å². The van der Waals surface area contributed by atoms with Crippen LogP contribution < -0.4 is 9.47 Å². The number of methoxy groups -OCH3 is 1. The molecule has 0 bridgehead atoms. The summed E-state index contributed by atoms with van der Waals surface area (Å²) in [7, 11) is 1.47. The summed E-state index contributed by atoms with van der Waals surface area (Å²) in [6.45, 7) is 2.50. The van der Waals surface area contributed by atoms with Crippen LogP contribution in [0.1, 0.15) is 22.8 Å². The van der Waals surface area contributed by atoms with E-state index in [1.807, 2.05) is 6.92 Å². The molecule has 1 N–H and O–H groups in total. The summed E-state index contributed by atoms with van der Waals surface area (Å²) < 4.78 is 10.9. The summed E-state index contributed by atoms with van der Waals surface area (Å²) in [6.07, 6.45) is 3.15. The number of rotatable bonds is 6. The highest BCUT2D eigenvalue weighted by Gasteiger charge is 2.08. The molecule has 23 heavy (non-hydrogen) atoms. The molecule has 0 aliphatic rings. The standard InChI is InChI=1S/C18H17BrO4/c1-3-23-14-7-5-13(6-8-14)16(20)9-4-12-10-15(19)18(21)17(11-12)22-2/h4-11,21H,3H2,1-2H3/b9-4+. The van der Waals surface area contributed by atoms with Gasteiger partial charge >= 0.3 is 0 Å². The Balaban J connectivity index is 2.16. The molecule has 0 fully saturated rings. The van der Waals surface area contributed by atoms with Gasteiger partial charge in [-0.3, -0.25) is 4.79 Å². The first-order valence-corrected chi connectivity index (χ1v) is 7.86. The molecule has 4 nitrogen and oxygen atoms in total. The zero-order valence-corrected chi connectivity index (χ0v) is 14.5. The third-order valence-corrected chi connectivity index (χ3v) is 3.75. The average Bonchev–Trinajstić information content (AvgIpc) is 2.56. The highest BCUT2D eigenvalue weighted by atomic mass is 79.9. The van der Waals surface area contributed by atoms with Gasteiger partial charge < -0.3 is 14.6 Å². The molecule has 2 rings (SSSR count). The predicted octanol–water partition coefficient (Wildman–Crippen LogP) is 4.46. The zero-order chi connectivity index (χ0) is 16.8. The molecule has 0 aliphatic carbocycles. The molecule has 0 aliphatic heterocycles. The molecule has 0 saturated heterocycles. The Morgan fingerprint density at radius 2 is 1.96 bits per heavy atom. The molecule has 0 aromatic heterocycles. The van der Waals surface area contributed by atoms with E-state index >= 15 is 0 Å². The van der Waals surface area contributed by atoms with Crippen molar-refractivity contribution < 1.29 is 19.4 Å². The fourth-order valence-corrected chi connectivity index (χ4v) is 2.46. The van der Waals surface area contributed by atoms with E-state index in [0.717, 1.165) is 11.3 Å². The maximum atomic E-state index is 12.2. The van der Waals surface area contributed by atoms with Crippen LogP contribution in [0.2, 0.25) is 0 Å². The van der Waals surface area contributed by atoms with E-state index < -0.39 is 0 Å². The van der Waals surface area contributed by atoms with Crippen molar-refractivity contribution in [1.82, 2.24) is 0 Å². The Morgan fingerprint density at radius 3 is 2.57 bits per heavy atom. The van der Waals surface area contributed by atoms with Crippen LogP contribution in [0.3, 0.4) is 0 Å². The van der Waals surface area contributed by atoms with E-state index in [1.54, 1.807) is 42.5 Å². The maximum absolute atomic E-state index is 12.2. The minimum Gasteiger partial charge on any atom is -0.503 e. The molecule has 5 heteroatoms. The number of ketones is 1. The summed E-state index contributed by atoms with van der Waals surface area (Å²) in [4.78, 5) is 12.2. The van der Waals surface area contributed by atoms with E-state index in [1.165, 1.54) is 13.2 Å². The van der Waals surface area contributed by atoms with Crippen LogP contribution in [-0.2, 0) is 0 Å². The molecular formula is C18H17BrO4. The van der Waals surface area contributed by atoms with Crippen molar-refractivity contribution in [2.45, 2.75) is 6.92 Å². The maximum Gasteiger partial charge on any atom is 0.185 e. The minimum absolute atomic E-state index is 0.0301.